The van der Waals surface area contributed by atoms with E-state index in [2.05, 4.69) is 0 Å². The molecule has 0 aromatic heterocycles. The molecular formula is C11H10N2O4. The minimum absolute atomic E-state index is 0.428. The molecule has 1 heterocycles. The smallest absolute Gasteiger partial charge is 0.328 e. The van der Waals surface area contributed by atoms with Gasteiger partial charge in [0.05, 0.1) is 7.11 Å². The van der Waals surface area contributed by atoms with Crippen LogP contribution in [-0.2, 0) is 9.59 Å². The van der Waals surface area contributed by atoms with Crippen LogP contribution in [0.1, 0.15) is 11.5 Å². The fraction of sp³-hybridized carbons (Fsp3) is 0.182. The molecule has 4 amide bonds. The van der Waals surface area contributed by atoms with Gasteiger partial charge in [-0.3, -0.25) is 20.2 Å². The van der Waals surface area contributed by atoms with Gasteiger partial charge in [0.25, 0.3) is 0 Å². The second-order valence-electron chi connectivity index (χ2n) is 3.48. The average Bonchev–Trinajstić information content (AvgIpc) is 2.28. The van der Waals surface area contributed by atoms with Crippen LogP contribution in [0.15, 0.2) is 24.3 Å². The summed E-state index contributed by atoms with van der Waals surface area (Å²) in [6, 6.07) is 5.87. The largest absolute Gasteiger partial charge is 0.496 e. The van der Waals surface area contributed by atoms with Crippen molar-refractivity contribution in [3.8, 4) is 5.75 Å². The molecule has 6 heteroatoms. The molecule has 0 bridgehead atoms. The molecule has 1 aromatic carbocycles. The summed E-state index contributed by atoms with van der Waals surface area (Å²) in [4.78, 5) is 34.2. The van der Waals surface area contributed by atoms with E-state index >= 15 is 0 Å². The average molecular weight is 234 g/mol. The molecule has 0 aliphatic carbocycles. The number of barbiturate groups is 1. The van der Waals surface area contributed by atoms with E-state index in [1.54, 1.807) is 24.3 Å². The highest BCUT2D eigenvalue weighted by molar-refractivity contribution is 6.19. The first-order chi connectivity index (χ1) is 8.13. The summed E-state index contributed by atoms with van der Waals surface area (Å²) in [7, 11) is 1.45. The Kier molecular flexibility index (Phi) is 2.78. The first-order valence-electron chi connectivity index (χ1n) is 4.92. The van der Waals surface area contributed by atoms with Gasteiger partial charge in [0, 0.05) is 5.56 Å². The molecule has 2 N–H and O–H groups in total. The van der Waals surface area contributed by atoms with E-state index < -0.39 is 23.8 Å². The highest BCUT2D eigenvalue weighted by Crippen LogP contribution is 2.27. The Hall–Kier alpha value is -2.37. The number of methoxy groups -OCH3 is 1. The van der Waals surface area contributed by atoms with Crippen molar-refractivity contribution in [1.29, 1.82) is 0 Å². The SMILES string of the molecule is COc1ccccc1C1C(=O)NC(=O)NC1=O. The van der Waals surface area contributed by atoms with Crippen LogP contribution in [0.5, 0.6) is 5.75 Å². The number of imide groups is 2. The van der Waals surface area contributed by atoms with Crippen LogP contribution in [0.2, 0.25) is 0 Å². The van der Waals surface area contributed by atoms with Crippen molar-refractivity contribution >= 4 is 17.8 Å². The van der Waals surface area contributed by atoms with Crippen LogP contribution in [-0.4, -0.2) is 25.0 Å². The summed E-state index contributed by atoms with van der Waals surface area (Å²) < 4.78 is 5.08. The topological polar surface area (TPSA) is 84.5 Å². The second kappa shape index (κ2) is 4.25. The van der Waals surface area contributed by atoms with Crippen molar-refractivity contribution in [3.05, 3.63) is 29.8 Å². The lowest BCUT2D eigenvalue weighted by Crippen LogP contribution is -2.54. The number of rotatable bonds is 2. The molecule has 1 aliphatic heterocycles. The molecule has 0 atom stereocenters. The van der Waals surface area contributed by atoms with Crippen molar-refractivity contribution in [2.24, 2.45) is 0 Å². The van der Waals surface area contributed by atoms with Crippen LogP contribution < -0.4 is 15.4 Å². The maximum absolute atomic E-state index is 11.6. The number of nitrogens with one attached hydrogen (secondary N) is 2. The molecule has 0 unspecified atom stereocenters. The number of benzene rings is 1. The third-order valence-corrected chi connectivity index (χ3v) is 2.45. The van der Waals surface area contributed by atoms with Crippen LogP contribution in [0.3, 0.4) is 0 Å². The Balaban J connectivity index is 2.42. The highest BCUT2D eigenvalue weighted by atomic mass is 16.5. The lowest BCUT2D eigenvalue weighted by Gasteiger charge is -2.22. The summed E-state index contributed by atoms with van der Waals surface area (Å²) >= 11 is 0. The minimum atomic E-state index is -1.07. The molecule has 2 rings (SSSR count). The molecule has 0 radical (unpaired) electrons. The molecule has 88 valence electrons. The van der Waals surface area contributed by atoms with Crippen LogP contribution in [0.4, 0.5) is 4.79 Å². The number of para-hydroxylation sites is 1. The molecule has 0 spiro atoms. The van der Waals surface area contributed by atoms with Crippen molar-refractivity contribution < 1.29 is 19.1 Å². The lowest BCUT2D eigenvalue weighted by molar-refractivity contribution is -0.132. The fourth-order valence-corrected chi connectivity index (χ4v) is 1.71. The van der Waals surface area contributed by atoms with Gasteiger partial charge in [-0.15, -0.1) is 0 Å². The zero-order valence-electron chi connectivity index (χ0n) is 9.02. The third kappa shape index (κ3) is 1.96. The van der Waals surface area contributed by atoms with Crippen LogP contribution in [0, 0.1) is 0 Å². The van der Waals surface area contributed by atoms with Gasteiger partial charge in [-0.25, -0.2) is 4.79 Å². The van der Waals surface area contributed by atoms with Gasteiger partial charge in [0.2, 0.25) is 11.8 Å². The number of carbonyl (C=O) groups is 3. The molecular weight excluding hydrogens is 224 g/mol. The lowest BCUT2D eigenvalue weighted by atomic mass is 9.95. The standard InChI is InChI=1S/C11H10N2O4/c1-17-7-5-3-2-4-6(7)8-9(14)12-11(16)13-10(8)15/h2-5,8H,1H3,(H2,12,13,14,15,16). The monoisotopic (exact) mass is 234 g/mol. The molecule has 0 saturated carbocycles. The van der Waals surface area contributed by atoms with E-state index in [9.17, 15) is 14.4 Å². The maximum Gasteiger partial charge on any atom is 0.328 e. The van der Waals surface area contributed by atoms with E-state index in [1.165, 1.54) is 7.11 Å². The number of carbonyl (C=O) groups excluding carboxylic acids is 3. The fourth-order valence-electron chi connectivity index (χ4n) is 1.71. The number of amides is 4. The van der Waals surface area contributed by atoms with Gasteiger partial charge in [-0.2, -0.15) is 0 Å². The Morgan fingerprint density at radius 1 is 1.06 bits per heavy atom. The van der Waals surface area contributed by atoms with Gasteiger partial charge >= 0.3 is 6.03 Å². The Morgan fingerprint density at radius 3 is 2.24 bits per heavy atom. The van der Waals surface area contributed by atoms with Crippen molar-refractivity contribution in [2.75, 3.05) is 7.11 Å². The molecule has 1 fully saturated rings. The molecule has 6 nitrogen and oxygen atoms in total. The zero-order chi connectivity index (χ0) is 12.4. The summed E-state index contributed by atoms with van der Waals surface area (Å²) in [5.74, 6) is -1.94. The molecule has 1 aromatic rings. The van der Waals surface area contributed by atoms with Crippen molar-refractivity contribution in [3.63, 3.8) is 0 Å². The van der Waals surface area contributed by atoms with E-state index in [0.29, 0.717) is 11.3 Å². The predicted octanol–water partition coefficient (Wildman–Crippen LogP) is 0.145. The number of urea groups is 1. The summed E-state index contributed by atoms with van der Waals surface area (Å²) in [5, 5.41) is 4.09. The first-order valence-corrected chi connectivity index (χ1v) is 4.92. The van der Waals surface area contributed by atoms with E-state index in [4.69, 9.17) is 4.74 Å². The summed E-state index contributed by atoms with van der Waals surface area (Å²) in [6.45, 7) is 0. The molecule has 1 aliphatic rings. The Labute approximate surface area is 96.9 Å². The van der Waals surface area contributed by atoms with Gasteiger partial charge in [-0.1, -0.05) is 18.2 Å². The van der Waals surface area contributed by atoms with Crippen molar-refractivity contribution in [2.45, 2.75) is 5.92 Å². The molecule has 17 heavy (non-hydrogen) atoms. The number of hydrogen-bond acceptors (Lipinski definition) is 4. The van der Waals surface area contributed by atoms with Crippen molar-refractivity contribution in [1.82, 2.24) is 10.6 Å². The first kappa shape index (κ1) is 11.1. The van der Waals surface area contributed by atoms with E-state index in [-0.39, 0.29) is 0 Å². The normalized spacial score (nSPS) is 16.4. The highest BCUT2D eigenvalue weighted by Gasteiger charge is 2.36. The van der Waals surface area contributed by atoms with E-state index in [1.807, 2.05) is 10.6 Å². The predicted molar refractivity (Wildman–Crippen MR) is 57.4 cm³/mol. The van der Waals surface area contributed by atoms with Gasteiger partial charge in [-0.05, 0) is 6.07 Å². The quantitative estimate of drug-likeness (QED) is 0.713. The summed E-state index contributed by atoms with van der Waals surface area (Å²) in [6.07, 6.45) is 0. The van der Waals surface area contributed by atoms with Gasteiger partial charge in [0.15, 0.2) is 0 Å². The minimum Gasteiger partial charge on any atom is -0.496 e. The number of ether oxygens (including phenoxy) is 1. The second-order valence-corrected chi connectivity index (χ2v) is 3.48. The maximum atomic E-state index is 11.6. The van der Waals surface area contributed by atoms with Gasteiger partial charge < -0.3 is 4.74 Å². The Bertz CT molecular complexity index is 478. The molecule has 1 saturated heterocycles. The third-order valence-electron chi connectivity index (χ3n) is 2.45. The summed E-state index contributed by atoms with van der Waals surface area (Å²) in [5.41, 5.74) is 0.428. The zero-order valence-corrected chi connectivity index (χ0v) is 9.02. The number of hydrogen-bond donors (Lipinski definition) is 2. The van der Waals surface area contributed by atoms with Crippen LogP contribution in [0.25, 0.3) is 0 Å². The van der Waals surface area contributed by atoms with Gasteiger partial charge in [0.1, 0.15) is 11.7 Å². The van der Waals surface area contributed by atoms with Crippen LogP contribution >= 0.6 is 0 Å². The van der Waals surface area contributed by atoms with E-state index in [0.717, 1.165) is 0 Å². The Morgan fingerprint density at radius 2 is 1.65 bits per heavy atom.